The molecule has 1 fully saturated rings. The molecule has 3 rings (SSSR count). The molecule has 2 heterocycles. The van der Waals surface area contributed by atoms with Gasteiger partial charge in [0.25, 0.3) is 0 Å². The molecule has 2 unspecified atom stereocenters. The second-order valence-corrected chi connectivity index (χ2v) is 7.40. The number of guanidine groups is 1. The number of likely N-dealkylation sites (tertiary alicyclic amines) is 1. The predicted octanol–water partition coefficient (Wildman–Crippen LogP) is 2.06. The maximum atomic E-state index is 4.76. The molecule has 1 aliphatic rings. The zero-order chi connectivity index (χ0) is 19.8. The molecule has 1 aromatic heterocycles. The molecular formula is C21H33N7. The Balaban J connectivity index is 1.53. The van der Waals surface area contributed by atoms with Crippen molar-refractivity contribution in [3.05, 3.63) is 48.0 Å². The quantitative estimate of drug-likeness (QED) is 0.539. The highest BCUT2D eigenvalue weighted by Gasteiger charge is 2.29. The number of nitrogens with zero attached hydrogens (tertiary/aromatic N) is 5. The Hall–Kier alpha value is -2.41. The summed E-state index contributed by atoms with van der Waals surface area (Å²) in [5, 5.41) is 15.1. The lowest BCUT2D eigenvalue weighted by molar-refractivity contribution is 0.258. The van der Waals surface area contributed by atoms with Crippen molar-refractivity contribution in [1.82, 2.24) is 30.3 Å². The number of benzene rings is 1. The van der Waals surface area contributed by atoms with Crippen molar-refractivity contribution < 1.29 is 0 Å². The highest BCUT2D eigenvalue weighted by Crippen LogP contribution is 2.20. The van der Waals surface area contributed by atoms with Gasteiger partial charge in [-0.05, 0) is 25.8 Å². The van der Waals surface area contributed by atoms with Crippen LogP contribution in [0.15, 0.2) is 41.7 Å². The van der Waals surface area contributed by atoms with Crippen molar-refractivity contribution in [2.24, 2.45) is 4.99 Å². The first-order valence-electron chi connectivity index (χ1n) is 10.4. The summed E-state index contributed by atoms with van der Waals surface area (Å²) in [5.74, 6) is 1.90. The Morgan fingerprint density at radius 2 is 2.07 bits per heavy atom. The van der Waals surface area contributed by atoms with Gasteiger partial charge in [0.2, 0.25) is 0 Å². The first-order chi connectivity index (χ1) is 13.7. The van der Waals surface area contributed by atoms with Crippen LogP contribution in [0.4, 0.5) is 0 Å². The van der Waals surface area contributed by atoms with E-state index in [1.165, 1.54) is 5.56 Å². The second kappa shape index (κ2) is 10.2. The Labute approximate surface area is 168 Å². The SMILES string of the molecule is CCNC(=NCCn1cnnc1CC)NC1CC(C)N(Cc2ccccc2)C1. The minimum Gasteiger partial charge on any atom is -0.357 e. The van der Waals surface area contributed by atoms with Gasteiger partial charge >= 0.3 is 0 Å². The van der Waals surface area contributed by atoms with E-state index in [0.29, 0.717) is 18.6 Å². The number of aromatic nitrogens is 3. The van der Waals surface area contributed by atoms with Crippen LogP contribution < -0.4 is 10.6 Å². The minimum atomic E-state index is 0.414. The summed E-state index contributed by atoms with van der Waals surface area (Å²) < 4.78 is 2.08. The molecule has 2 aromatic rings. The van der Waals surface area contributed by atoms with Crippen LogP contribution in [-0.2, 0) is 19.5 Å². The van der Waals surface area contributed by atoms with E-state index in [1.807, 2.05) is 0 Å². The lowest BCUT2D eigenvalue weighted by Gasteiger charge is -2.21. The van der Waals surface area contributed by atoms with Gasteiger partial charge in [-0.3, -0.25) is 9.89 Å². The molecule has 0 bridgehead atoms. The van der Waals surface area contributed by atoms with E-state index < -0.39 is 0 Å². The molecule has 0 aliphatic carbocycles. The summed E-state index contributed by atoms with van der Waals surface area (Å²) in [5.41, 5.74) is 1.37. The van der Waals surface area contributed by atoms with E-state index in [4.69, 9.17) is 4.99 Å². The molecule has 7 nitrogen and oxygen atoms in total. The van der Waals surface area contributed by atoms with Crippen LogP contribution >= 0.6 is 0 Å². The van der Waals surface area contributed by atoms with Gasteiger partial charge in [-0.25, -0.2) is 0 Å². The van der Waals surface area contributed by atoms with Gasteiger partial charge in [0.05, 0.1) is 6.54 Å². The van der Waals surface area contributed by atoms with Gasteiger partial charge in [-0.15, -0.1) is 10.2 Å². The number of hydrogen-bond acceptors (Lipinski definition) is 4. The fourth-order valence-electron chi connectivity index (χ4n) is 3.76. The average molecular weight is 384 g/mol. The highest BCUT2D eigenvalue weighted by atomic mass is 15.3. The molecule has 1 saturated heterocycles. The standard InChI is InChI=1S/C21H33N7/c1-4-20-26-24-16-27(20)12-11-23-21(22-5-2)25-19-13-17(3)28(15-19)14-18-9-7-6-8-10-18/h6-10,16-17,19H,4-5,11-15H2,1-3H3,(H2,22,23,25). The minimum absolute atomic E-state index is 0.414. The van der Waals surface area contributed by atoms with Gasteiger partial charge in [-0.1, -0.05) is 37.3 Å². The van der Waals surface area contributed by atoms with E-state index in [0.717, 1.165) is 50.8 Å². The van der Waals surface area contributed by atoms with E-state index in [2.05, 4.69) is 81.4 Å². The van der Waals surface area contributed by atoms with Crippen LogP contribution in [-0.4, -0.2) is 57.3 Å². The largest absolute Gasteiger partial charge is 0.357 e. The molecule has 0 amide bonds. The van der Waals surface area contributed by atoms with Crippen molar-refractivity contribution >= 4 is 5.96 Å². The Morgan fingerprint density at radius 3 is 2.82 bits per heavy atom. The summed E-state index contributed by atoms with van der Waals surface area (Å²) in [7, 11) is 0. The third-order valence-corrected chi connectivity index (χ3v) is 5.24. The van der Waals surface area contributed by atoms with Gasteiger partial charge in [0.15, 0.2) is 5.96 Å². The topological polar surface area (TPSA) is 70.4 Å². The lowest BCUT2D eigenvalue weighted by atomic mass is 10.2. The molecule has 152 valence electrons. The van der Waals surface area contributed by atoms with Crippen LogP contribution in [0.5, 0.6) is 0 Å². The fraction of sp³-hybridized carbons (Fsp3) is 0.571. The lowest BCUT2D eigenvalue weighted by Crippen LogP contribution is -2.44. The first kappa shape index (κ1) is 20.3. The number of aliphatic imine (C=N–C) groups is 1. The van der Waals surface area contributed by atoms with E-state index in [1.54, 1.807) is 6.33 Å². The maximum absolute atomic E-state index is 4.76. The van der Waals surface area contributed by atoms with Gasteiger partial charge in [0.1, 0.15) is 12.2 Å². The molecule has 7 heteroatoms. The first-order valence-corrected chi connectivity index (χ1v) is 10.4. The van der Waals surface area contributed by atoms with Crippen LogP contribution in [0.3, 0.4) is 0 Å². The van der Waals surface area contributed by atoms with Gasteiger partial charge in [0, 0.05) is 44.7 Å². The van der Waals surface area contributed by atoms with Crippen molar-refractivity contribution in [2.45, 2.75) is 58.8 Å². The summed E-state index contributed by atoms with van der Waals surface area (Å²) in [4.78, 5) is 7.30. The third kappa shape index (κ3) is 5.55. The summed E-state index contributed by atoms with van der Waals surface area (Å²) in [6.07, 6.45) is 3.80. The smallest absolute Gasteiger partial charge is 0.191 e. The Morgan fingerprint density at radius 1 is 1.25 bits per heavy atom. The second-order valence-electron chi connectivity index (χ2n) is 7.40. The van der Waals surface area contributed by atoms with Crippen LogP contribution in [0, 0.1) is 0 Å². The van der Waals surface area contributed by atoms with Crippen LogP contribution in [0.2, 0.25) is 0 Å². The van der Waals surface area contributed by atoms with E-state index in [-0.39, 0.29) is 0 Å². The number of nitrogens with one attached hydrogen (secondary N) is 2. The average Bonchev–Trinajstić information content (AvgIpc) is 3.29. The van der Waals surface area contributed by atoms with Crippen molar-refractivity contribution in [2.75, 3.05) is 19.6 Å². The van der Waals surface area contributed by atoms with Gasteiger partial charge in [-0.2, -0.15) is 0 Å². The highest BCUT2D eigenvalue weighted by molar-refractivity contribution is 5.80. The molecular weight excluding hydrogens is 350 g/mol. The Bertz CT molecular complexity index is 740. The predicted molar refractivity (Wildman–Crippen MR) is 113 cm³/mol. The van der Waals surface area contributed by atoms with E-state index in [9.17, 15) is 0 Å². The zero-order valence-electron chi connectivity index (χ0n) is 17.3. The molecule has 2 atom stereocenters. The monoisotopic (exact) mass is 383 g/mol. The van der Waals surface area contributed by atoms with Crippen molar-refractivity contribution in [3.63, 3.8) is 0 Å². The normalized spacial score (nSPS) is 20.5. The summed E-state index contributed by atoms with van der Waals surface area (Å²) in [6.45, 7) is 10.9. The van der Waals surface area contributed by atoms with Gasteiger partial charge < -0.3 is 15.2 Å². The number of rotatable bonds is 8. The molecule has 2 N–H and O–H groups in total. The maximum Gasteiger partial charge on any atom is 0.191 e. The van der Waals surface area contributed by atoms with Crippen molar-refractivity contribution in [3.8, 4) is 0 Å². The summed E-state index contributed by atoms with van der Waals surface area (Å²) >= 11 is 0. The fourth-order valence-corrected chi connectivity index (χ4v) is 3.76. The third-order valence-electron chi connectivity index (χ3n) is 5.24. The molecule has 0 radical (unpaired) electrons. The molecule has 0 saturated carbocycles. The Kier molecular flexibility index (Phi) is 7.42. The van der Waals surface area contributed by atoms with Crippen LogP contribution in [0.1, 0.15) is 38.6 Å². The van der Waals surface area contributed by atoms with E-state index >= 15 is 0 Å². The zero-order valence-corrected chi connectivity index (χ0v) is 17.3. The van der Waals surface area contributed by atoms with Crippen LogP contribution in [0.25, 0.3) is 0 Å². The summed E-state index contributed by atoms with van der Waals surface area (Å²) in [6, 6.07) is 11.7. The van der Waals surface area contributed by atoms with Crippen molar-refractivity contribution in [1.29, 1.82) is 0 Å². The molecule has 1 aromatic carbocycles. The molecule has 1 aliphatic heterocycles. The molecule has 28 heavy (non-hydrogen) atoms. The number of aryl methyl sites for hydroxylation is 1. The number of hydrogen-bond donors (Lipinski definition) is 2. The molecule has 0 spiro atoms.